The Morgan fingerprint density at radius 1 is 1.08 bits per heavy atom. The molecule has 0 unspecified atom stereocenters. The summed E-state index contributed by atoms with van der Waals surface area (Å²) in [5.41, 5.74) is 1.68. The minimum absolute atomic E-state index is 0.0117. The molecule has 0 radical (unpaired) electrons. The summed E-state index contributed by atoms with van der Waals surface area (Å²) in [5.74, 6) is 0.252. The maximum Gasteiger partial charge on any atom is 0.235 e. The third kappa shape index (κ3) is 3.37. The van der Waals surface area contributed by atoms with E-state index in [2.05, 4.69) is 30.0 Å². The van der Waals surface area contributed by atoms with Crippen LogP contribution in [0, 0.1) is 0 Å². The third-order valence-electron chi connectivity index (χ3n) is 3.82. The molecule has 0 atom stereocenters. The van der Waals surface area contributed by atoms with Gasteiger partial charge in [0.05, 0.1) is 28.3 Å². The van der Waals surface area contributed by atoms with Gasteiger partial charge in [0, 0.05) is 12.4 Å². The minimum Gasteiger partial charge on any atom is -0.337 e. The van der Waals surface area contributed by atoms with Gasteiger partial charge in [0.1, 0.15) is 10.5 Å². The van der Waals surface area contributed by atoms with Gasteiger partial charge in [-0.3, -0.25) is 14.7 Å². The molecular weight excluding hydrogens is 399 g/mol. The molecule has 1 fully saturated rings. The Kier molecular flexibility index (Phi) is 4.29. The first-order valence-electron chi connectivity index (χ1n) is 7.64. The summed E-state index contributed by atoms with van der Waals surface area (Å²) in [7, 11) is -3.51. The molecule has 0 saturated heterocycles. The van der Waals surface area contributed by atoms with Crippen molar-refractivity contribution in [2.24, 2.45) is 0 Å². The lowest BCUT2D eigenvalue weighted by atomic mass is 10.2. The first-order valence-corrected chi connectivity index (χ1v) is 9.95. The number of nitrogens with one attached hydrogen (secondary N) is 2. The highest BCUT2D eigenvalue weighted by molar-refractivity contribution is 7.93. The number of halogens is 2. The van der Waals surface area contributed by atoms with E-state index in [1.807, 2.05) is 0 Å². The fourth-order valence-electron chi connectivity index (χ4n) is 2.41. The van der Waals surface area contributed by atoms with Crippen molar-refractivity contribution in [3.8, 4) is 0 Å². The van der Waals surface area contributed by atoms with E-state index in [0.717, 1.165) is 0 Å². The van der Waals surface area contributed by atoms with Gasteiger partial charge in [0.15, 0.2) is 5.82 Å². The van der Waals surface area contributed by atoms with E-state index in [-0.39, 0.29) is 27.1 Å². The predicted molar refractivity (Wildman–Crippen MR) is 100 cm³/mol. The largest absolute Gasteiger partial charge is 0.337 e. The summed E-state index contributed by atoms with van der Waals surface area (Å²) in [4.78, 5) is 16.3. The molecule has 2 heterocycles. The Morgan fingerprint density at radius 3 is 2.62 bits per heavy atom. The summed E-state index contributed by atoms with van der Waals surface area (Å²) < 4.78 is 27.6. The molecule has 0 bridgehead atoms. The van der Waals surface area contributed by atoms with Crippen molar-refractivity contribution in [1.29, 1.82) is 0 Å². The number of anilines is 3. The maximum absolute atomic E-state index is 12.5. The molecule has 2 N–H and O–H groups in total. The smallest absolute Gasteiger partial charge is 0.235 e. The van der Waals surface area contributed by atoms with Crippen LogP contribution in [0.4, 0.5) is 17.2 Å². The Bertz CT molecular complexity index is 1100. The number of sulfonamides is 1. The lowest BCUT2D eigenvalue weighted by Crippen LogP contribution is -2.18. The van der Waals surface area contributed by atoms with Crippen LogP contribution in [0.5, 0.6) is 0 Å². The van der Waals surface area contributed by atoms with E-state index in [4.69, 9.17) is 23.2 Å². The predicted octanol–water partition coefficient (Wildman–Crippen LogP) is 3.37. The van der Waals surface area contributed by atoms with Gasteiger partial charge in [0.2, 0.25) is 15.3 Å². The lowest BCUT2D eigenvalue weighted by molar-refractivity contribution is 0.600. The van der Waals surface area contributed by atoms with Crippen LogP contribution in [0.1, 0.15) is 12.8 Å². The molecule has 4 rings (SSSR count). The molecule has 1 aliphatic rings. The molecule has 2 aromatic heterocycles. The lowest BCUT2D eigenvalue weighted by Gasteiger charge is -2.16. The van der Waals surface area contributed by atoms with Crippen molar-refractivity contribution in [3.05, 3.63) is 41.0 Å². The number of rotatable bonds is 5. The molecular formula is C15H12Cl2N6O2S. The van der Waals surface area contributed by atoms with Gasteiger partial charge in [-0.1, -0.05) is 11.6 Å². The first kappa shape index (κ1) is 17.2. The van der Waals surface area contributed by atoms with Crippen LogP contribution >= 0.6 is 23.2 Å². The first-order chi connectivity index (χ1) is 12.4. The van der Waals surface area contributed by atoms with E-state index in [1.165, 1.54) is 18.6 Å². The monoisotopic (exact) mass is 410 g/mol. The van der Waals surface area contributed by atoms with Gasteiger partial charge >= 0.3 is 0 Å². The molecule has 0 aliphatic heterocycles. The van der Waals surface area contributed by atoms with Crippen LogP contribution in [0.25, 0.3) is 11.0 Å². The van der Waals surface area contributed by atoms with Crippen molar-refractivity contribution >= 4 is 61.5 Å². The number of hydrogen-bond donors (Lipinski definition) is 2. The van der Waals surface area contributed by atoms with Crippen LogP contribution in [-0.4, -0.2) is 33.6 Å². The van der Waals surface area contributed by atoms with E-state index in [9.17, 15) is 8.42 Å². The van der Waals surface area contributed by atoms with Crippen molar-refractivity contribution in [3.63, 3.8) is 0 Å². The second kappa shape index (κ2) is 6.49. The fraction of sp³-hybridized carbons (Fsp3) is 0.200. The maximum atomic E-state index is 12.5. The summed E-state index contributed by atoms with van der Waals surface area (Å²) in [6.07, 6.45) is 5.67. The summed E-state index contributed by atoms with van der Waals surface area (Å²) >= 11 is 11.9. The number of fused-ring (bicyclic) bond motifs is 1. The Morgan fingerprint density at radius 2 is 1.85 bits per heavy atom. The SMILES string of the molecule is O=S(=O)(Nc1c(Nc2nc(Cl)ncc2Cl)ccc2nccnc12)C1CC1. The highest BCUT2D eigenvalue weighted by Crippen LogP contribution is 2.36. The zero-order valence-electron chi connectivity index (χ0n) is 13.1. The highest BCUT2D eigenvalue weighted by atomic mass is 35.5. The second-order valence-electron chi connectivity index (χ2n) is 5.72. The van der Waals surface area contributed by atoms with E-state index in [0.29, 0.717) is 29.6 Å². The molecule has 1 saturated carbocycles. The molecule has 8 nitrogen and oxygen atoms in total. The van der Waals surface area contributed by atoms with Gasteiger partial charge in [-0.2, -0.15) is 4.98 Å². The average molecular weight is 411 g/mol. The van der Waals surface area contributed by atoms with Crippen molar-refractivity contribution in [1.82, 2.24) is 19.9 Å². The van der Waals surface area contributed by atoms with Gasteiger partial charge in [-0.05, 0) is 36.6 Å². The van der Waals surface area contributed by atoms with Gasteiger partial charge in [-0.25, -0.2) is 13.4 Å². The van der Waals surface area contributed by atoms with E-state index < -0.39 is 10.0 Å². The Labute approximate surface area is 159 Å². The van der Waals surface area contributed by atoms with Crippen LogP contribution in [0.3, 0.4) is 0 Å². The van der Waals surface area contributed by atoms with E-state index >= 15 is 0 Å². The van der Waals surface area contributed by atoms with E-state index in [1.54, 1.807) is 12.1 Å². The molecule has 3 aromatic rings. The third-order valence-corrected chi connectivity index (χ3v) is 6.11. The Balaban J connectivity index is 1.83. The summed E-state index contributed by atoms with van der Waals surface area (Å²) in [5, 5.41) is 2.86. The average Bonchev–Trinajstić information content (AvgIpc) is 3.46. The zero-order valence-corrected chi connectivity index (χ0v) is 15.5. The number of aromatic nitrogens is 4. The summed E-state index contributed by atoms with van der Waals surface area (Å²) in [6.45, 7) is 0. The molecule has 11 heteroatoms. The number of hydrogen-bond acceptors (Lipinski definition) is 7. The fourth-order valence-corrected chi connectivity index (χ4v) is 4.09. The van der Waals surface area contributed by atoms with Crippen LogP contribution in [-0.2, 0) is 10.0 Å². The quantitative estimate of drug-likeness (QED) is 0.620. The van der Waals surface area contributed by atoms with Crippen molar-refractivity contribution in [2.45, 2.75) is 18.1 Å². The van der Waals surface area contributed by atoms with Gasteiger partial charge in [-0.15, -0.1) is 0 Å². The summed E-state index contributed by atoms with van der Waals surface area (Å²) in [6, 6.07) is 3.39. The Hall–Kier alpha value is -2.23. The van der Waals surface area contributed by atoms with Crippen molar-refractivity contribution in [2.75, 3.05) is 10.0 Å². The zero-order chi connectivity index (χ0) is 18.3. The normalized spacial score (nSPS) is 14.4. The topological polar surface area (TPSA) is 110 Å². The van der Waals surface area contributed by atoms with Gasteiger partial charge in [0.25, 0.3) is 0 Å². The number of benzene rings is 1. The molecule has 0 amide bonds. The number of nitrogens with zero attached hydrogens (tertiary/aromatic N) is 4. The van der Waals surface area contributed by atoms with Crippen LogP contribution in [0.15, 0.2) is 30.7 Å². The second-order valence-corrected chi connectivity index (χ2v) is 8.43. The van der Waals surface area contributed by atoms with Crippen LogP contribution < -0.4 is 10.0 Å². The van der Waals surface area contributed by atoms with Gasteiger partial charge < -0.3 is 5.32 Å². The molecule has 1 aliphatic carbocycles. The van der Waals surface area contributed by atoms with Crippen LogP contribution in [0.2, 0.25) is 10.3 Å². The molecule has 134 valence electrons. The molecule has 0 spiro atoms. The standard InChI is InChI=1S/C15H12Cl2N6O2S/c16-9-7-20-15(17)22-14(9)21-11-4-3-10-12(19-6-5-18-10)13(11)23-26(24,25)8-1-2-8/h3-8,23H,1-2H2,(H,20,21,22). The highest BCUT2D eigenvalue weighted by Gasteiger charge is 2.36. The molecule has 26 heavy (non-hydrogen) atoms. The molecule has 1 aromatic carbocycles. The van der Waals surface area contributed by atoms with Crippen molar-refractivity contribution < 1.29 is 8.42 Å². The minimum atomic E-state index is -3.51.